The summed E-state index contributed by atoms with van der Waals surface area (Å²) in [5, 5.41) is 11.0. The summed E-state index contributed by atoms with van der Waals surface area (Å²) in [6.07, 6.45) is 1.75. The molecule has 1 aromatic rings. The van der Waals surface area contributed by atoms with Crippen LogP contribution in [0.25, 0.3) is 0 Å². The van der Waals surface area contributed by atoms with Gasteiger partial charge >= 0.3 is 5.97 Å². The second kappa shape index (κ2) is 8.08. The van der Waals surface area contributed by atoms with Crippen molar-refractivity contribution in [2.45, 2.75) is 20.3 Å². The van der Waals surface area contributed by atoms with E-state index in [1.807, 2.05) is 19.2 Å². The van der Waals surface area contributed by atoms with E-state index in [1.54, 1.807) is 0 Å². The van der Waals surface area contributed by atoms with Crippen molar-refractivity contribution in [2.75, 3.05) is 13.2 Å². The molecule has 0 radical (unpaired) electrons. The first-order valence-corrected chi connectivity index (χ1v) is 6.75. The lowest BCUT2D eigenvalue weighted by Gasteiger charge is -2.12. The molecule has 0 spiro atoms. The van der Waals surface area contributed by atoms with Gasteiger partial charge in [-0.2, -0.15) is 0 Å². The monoisotopic (exact) mass is 309 g/mol. The molecular weight excluding hydrogens is 290 g/mol. The van der Waals surface area contributed by atoms with Crippen molar-refractivity contribution in [1.82, 2.24) is 10.3 Å². The Bertz CT molecular complexity index is 572. The van der Waals surface area contributed by atoms with Gasteiger partial charge in [0.2, 0.25) is 5.91 Å². The van der Waals surface area contributed by atoms with Crippen molar-refractivity contribution in [3.63, 3.8) is 0 Å². The maximum atomic E-state index is 11.9. The largest absolute Gasteiger partial charge is 0.491 e. The number of hydrogen-bond acceptors (Lipinski definition) is 6. The molecule has 4 N–H and O–H groups in total. The second-order valence-electron chi connectivity index (χ2n) is 4.99. The van der Waals surface area contributed by atoms with Crippen LogP contribution in [0, 0.1) is 5.92 Å². The van der Waals surface area contributed by atoms with Gasteiger partial charge in [0.05, 0.1) is 18.7 Å². The Hall–Kier alpha value is -2.48. The van der Waals surface area contributed by atoms with Crippen LogP contribution in [0.2, 0.25) is 0 Å². The summed E-state index contributed by atoms with van der Waals surface area (Å²) < 4.78 is 5.45. The second-order valence-corrected chi connectivity index (χ2v) is 4.99. The number of imide groups is 1. The van der Waals surface area contributed by atoms with E-state index in [9.17, 15) is 14.4 Å². The minimum atomic E-state index is -1.19. The van der Waals surface area contributed by atoms with E-state index >= 15 is 0 Å². The fraction of sp³-hybridized carbons (Fsp3) is 0.429. The molecule has 0 bridgehead atoms. The van der Waals surface area contributed by atoms with Crippen molar-refractivity contribution in [3.05, 3.63) is 23.5 Å². The first kappa shape index (κ1) is 17.6. The number of amides is 2. The summed E-state index contributed by atoms with van der Waals surface area (Å²) in [7, 11) is 0. The zero-order valence-corrected chi connectivity index (χ0v) is 12.5. The minimum Gasteiger partial charge on any atom is -0.491 e. The molecule has 120 valence electrons. The molecule has 0 unspecified atom stereocenters. The molecule has 0 atom stereocenters. The number of aromatic carboxylic acids is 1. The lowest BCUT2D eigenvalue weighted by Crippen LogP contribution is -2.36. The maximum Gasteiger partial charge on any atom is 0.337 e. The Balaban J connectivity index is 3.00. The van der Waals surface area contributed by atoms with Gasteiger partial charge in [0.15, 0.2) is 11.4 Å². The van der Waals surface area contributed by atoms with E-state index in [1.165, 1.54) is 6.07 Å². The first-order valence-electron chi connectivity index (χ1n) is 6.75. The van der Waals surface area contributed by atoms with Gasteiger partial charge < -0.3 is 15.6 Å². The normalized spacial score (nSPS) is 10.4. The highest BCUT2D eigenvalue weighted by Gasteiger charge is 2.19. The quantitative estimate of drug-likeness (QED) is 0.665. The van der Waals surface area contributed by atoms with Crippen molar-refractivity contribution < 1.29 is 24.2 Å². The highest BCUT2D eigenvalue weighted by atomic mass is 16.5. The van der Waals surface area contributed by atoms with E-state index < -0.39 is 17.8 Å². The summed E-state index contributed by atoms with van der Waals surface area (Å²) in [5.41, 5.74) is 4.85. The number of nitrogens with zero attached hydrogens (tertiary/aromatic N) is 1. The van der Waals surface area contributed by atoms with Crippen LogP contribution in [0.15, 0.2) is 12.3 Å². The van der Waals surface area contributed by atoms with Crippen molar-refractivity contribution in [2.24, 2.45) is 11.7 Å². The summed E-state index contributed by atoms with van der Waals surface area (Å²) in [5.74, 6) is -2.24. The molecule has 1 rings (SSSR count). The van der Waals surface area contributed by atoms with E-state index in [-0.39, 0.29) is 23.6 Å². The third kappa shape index (κ3) is 5.13. The Morgan fingerprint density at radius 1 is 1.41 bits per heavy atom. The summed E-state index contributed by atoms with van der Waals surface area (Å²) in [6, 6.07) is 1.21. The number of carboxylic acids is 1. The zero-order chi connectivity index (χ0) is 16.7. The maximum absolute atomic E-state index is 11.9. The summed E-state index contributed by atoms with van der Waals surface area (Å²) in [6.45, 7) is 3.96. The SMILES string of the molecule is CC(C)CCOc1cc(C(=O)O)cnc1C(=O)NC(=O)CN. The average Bonchev–Trinajstić information content (AvgIpc) is 2.46. The van der Waals surface area contributed by atoms with Crippen LogP contribution < -0.4 is 15.8 Å². The minimum absolute atomic E-state index is 0.0165. The molecule has 1 heterocycles. The molecular formula is C14H19N3O5. The molecule has 0 fully saturated rings. The van der Waals surface area contributed by atoms with Crippen LogP contribution in [0.5, 0.6) is 5.75 Å². The van der Waals surface area contributed by atoms with E-state index in [2.05, 4.69) is 4.98 Å². The van der Waals surface area contributed by atoms with Crippen LogP contribution in [0.1, 0.15) is 41.1 Å². The molecule has 0 aliphatic rings. The molecule has 1 aromatic heterocycles. The Morgan fingerprint density at radius 2 is 2.09 bits per heavy atom. The van der Waals surface area contributed by atoms with E-state index in [0.717, 1.165) is 12.6 Å². The topological polar surface area (TPSA) is 132 Å². The Labute approximate surface area is 127 Å². The predicted octanol–water partition coefficient (Wildman–Crippen LogP) is 0.420. The van der Waals surface area contributed by atoms with Gasteiger partial charge in [-0.3, -0.25) is 14.9 Å². The van der Waals surface area contributed by atoms with Gasteiger partial charge in [-0.25, -0.2) is 9.78 Å². The third-order valence-corrected chi connectivity index (χ3v) is 2.71. The number of aromatic nitrogens is 1. The molecule has 8 nitrogen and oxygen atoms in total. The molecule has 0 saturated heterocycles. The molecule has 22 heavy (non-hydrogen) atoms. The molecule has 0 aliphatic heterocycles. The number of hydrogen-bond donors (Lipinski definition) is 3. The van der Waals surface area contributed by atoms with Gasteiger partial charge in [0.1, 0.15) is 0 Å². The third-order valence-electron chi connectivity index (χ3n) is 2.71. The average molecular weight is 309 g/mol. The van der Waals surface area contributed by atoms with Crippen molar-refractivity contribution >= 4 is 17.8 Å². The molecule has 2 amide bonds. The van der Waals surface area contributed by atoms with Crippen LogP contribution in [0.4, 0.5) is 0 Å². The number of rotatable bonds is 7. The molecule has 0 aromatic carbocycles. The number of carbonyl (C=O) groups is 3. The van der Waals surface area contributed by atoms with E-state index in [4.69, 9.17) is 15.6 Å². The van der Waals surface area contributed by atoms with Gasteiger partial charge in [-0.05, 0) is 18.4 Å². The highest BCUT2D eigenvalue weighted by molar-refractivity contribution is 6.05. The lowest BCUT2D eigenvalue weighted by atomic mass is 10.1. The lowest BCUT2D eigenvalue weighted by molar-refractivity contribution is -0.118. The van der Waals surface area contributed by atoms with Gasteiger partial charge in [-0.1, -0.05) is 13.8 Å². The Kier molecular flexibility index (Phi) is 6.46. The van der Waals surface area contributed by atoms with Crippen molar-refractivity contribution in [1.29, 1.82) is 0 Å². The number of carboxylic acid groups (broad SMARTS) is 1. The van der Waals surface area contributed by atoms with Crippen LogP contribution in [0.3, 0.4) is 0 Å². The Morgan fingerprint density at radius 3 is 2.64 bits per heavy atom. The number of nitrogens with two attached hydrogens (primary N) is 1. The number of pyridine rings is 1. The number of carbonyl (C=O) groups excluding carboxylic acids is 2. The fourth-order valence-electron chi connectivity index (χ4n) is 1.48. The highest BCUT2D eigenvalue weighted by Crippen LogP contribution is 2.19. The summed E-state index contributed by atoms with van der Waals surface area (Å²) in [4.78, 5) is 37.8. The first-order chi connectivity index (χ1) is 10.3. The van der Waals surface area contributed by atoms with Crippen molar-refractivity contribution in [3.8, 4) is 5.75 Å². The van der Waals surface area contributed by atoms with E-state index in [0.29, 0.717) is 12.5 Å². The van der Waals surface area contributed by atoms with Crippen LogP contribution in [-0.4, -0.2) is 41.0 Å². The predicted molar refractivity (Wildman–Crippen MR) is 77.7 cm³/mol. The number of nitrogens with one attached hydrogen (secondary N) is 1. The van der Waals surface area contributed by atoms with Gasteiger partial charge in [0, 0.05) is 6.20 Å². The zero-order valence-electron chi connectivity index (χ0n) is 12.5. The van der Waals surface area contributed by atoms with Gasteiger partial charge in [-0.15, -0.1) is 0 Å². The number of ether oxygens (including phenoxy) is 1. The van der Waals surface area contributed by atoms with Crippen LogP contribution >= 0.6 is 0 Å². The summed E-state index contributed by atoms with van der Waals surface area (Å²) >= 11 is 0. The van der Waals surface area contributed by atoms with Gasteiger partial charge in [0.25, 0.3) is 5.91 Å². The molecule has 0 saturated carbocycles. The standard InChI is InChI=1S/C14H19N3O5/c1-8(2)3-4-22-10-5-9(14(20)21)7-16-12(10)13(19)17-11(18)6-15/h5,7-8H,3-4,6,15H2,1-2H3,(H,20,21)(H,17,18,19). The fourth-order valence-corrected chi connectivity index (χ4v) is 1.48. The molecule has 0 aliphatic carbocycles. The molecule has 8 heteroatoms. The smallest absolute Gasteiger partial charge is 0.337 e. The van der Waals surface area contributed by atoms with Crippen LogP contribution in [-0.2, 0) is 4.79 Å².